The average Bonchev–Trinajstić information content (AvgIpc) is 3.30. The third-order valence-corrected chi connectivity index (χ3v) is 7.37. The quantitative estimate of drug-likeness (QED) is 0.396. The van der Waals surface area contributed by atoms with Crippen LogP contribution in [-0.4, -0.2) is 62.7 Å². The Morgan fingerprint density at radius 2 is 1.85 bits per heavy atom. The predicted molar refractivity (Wildman–Crippen MR) is 136 cm³/mol. The largest absolute Gasteiger partial charge is 0.453 e. The SMILES string of the molecule is COC(=O)N1CCC[C@@H](Nc2ncc3nc(Nc4ccc(F)c(F)c4F)n([C@H]4CC[C@H](C(N)=O)CC4)c3n2)C1. The fourth-order valence-corrected chi connectivity index (χ4v) is 5.33. The maximum absolute atomic E-state index is 14.5. The monoisotopic (exact) mass is 546 g/mol. The van der Waals surface area contributed by atoms with Crippen molar-refractivity contribution >= 4 is 40.7 Å². The molecule has 0 radical (unpaired) electrons. The molecule has 3 aromatic rings. The Hall–Kier alpha value is -4.10. The third-order valence-electron chi connectivity index (χ3n) is 7.37. The number of piperidine rings is 1. The Morgan fingerprint density at radius 3 is 2.56 bits per heavy atom. The lowest BCUT2D eigenvalue weighted by atomic mass is 9.85. The van der Waals surface area contributed by atoms with E-state index in [4.69, 9.17) is 10.5 Å². The van der Waals surface area contributed by atoms with E-state index in [1.54, 1.807) is 9.47 Å². The first-order valence-corrected chi connectivity index (χ1v) is 12.8. The number of carbonyl (C=O) groups is 2. The molecule has 2 amide bonds. The Bertz CT molecular complexity index is 1390. The molecule has 2 fully saturated rings. The number of nitrogens with two attached hydrogens (primary N) is 1. The molecule has 14 heteroatoms. The number of imidazole rings is 1. The standard InChI is InChI=1S/C25H29F3N8O3/c1-39-25(38)35-10-2-3-14(12-35)31-23-30-11-18-22(34-23)36(15-6-4-13(5-7-15)21(29)37)24(33-18)32-17-9-8-16(26)19(27)20(17)28/h8-9,11,13-15H,2-7,10,12H2,1H3,(H2,29,37)(H,32,33)(H,30,31,34)/t13-,14-,15-/m1/s1. The second-order valence-electron chi connectivity index (χ2n) is 9.86. The number of fused-ring (bicyclic) bond motifs is 1. The molecule has 2 aromatic heterocycles. The highest BCUT2D eigenvalue weighted by Crippen LogP contribution is 2.37. The highest BCUT2D eigenvalue weighted by Gasteiger charge is 2.30. The highest BCUT2D eigenvalue weighted by atomic mass is 19.2. The van der Waals surface area contributed by atoms with E-state index in [0.717, 1.165) is 25.0 Å². The Labute approximate surface area is 221 Å². The fraction of sp³-hybridized carbons (Fsp3) is 0.480. The molecule has 39 heavy (non-hydrogen) atoms. The molecule has 0 bridgehead atoms. The normalized spacial score (nSPS) is 21.5. The number of nitrogens with zero attached hydrogens (tertiary/aromatic N) is 5. The molecular formula is C25H29F3N8O3. The minimum Gasteiger partial charge on any atom is -0.453 e. The first-order chi connectivity index (χ1) is 18.7. The minimum atomic E-state index is -1.59. The van der Waals surface area contributed by atoms with Crippen molar-refractivity contribution in [1.29, 1.82) is 0 Å². The summed E-state index contributed by atoms with van der Waals surface area (Å²) in [6.45, 7) is 1.02. The lowest BCUT2D eigenvalue weighted by Crippen LogP contribution is -2.45. The number of ether oxygens (including phenoxy) is 1. The van der Waals surface area contributed by atoms with Crippen LogP contribution in [0.1, 0.15) is 44.6 Å². The van der Waals surface area contributed by atoms with Crippen LogP contribution in [0, 0.1) is 23.4 Å². The van der Waals surface area contributed by atoms with Gasteiger partial charge in [-0.1, -0.05) is 0 Å². The number of carbonyl (C=O) groups excluding carboxylic acids is 2. The van der Waals surface area contributed by atoms with Crippen LogP contribution in [0.4, 0.5) is 35.5 Å². The van der Waals surface area contributed by atoms with Gasteiger partial charge in [0.15, 0.2) is 23.1 Å². The highest BCUT2D eigenvalue weighted by molar-refractivity contribution is 5.78. The van der Waals surface area contributed by atoms with Gasteiger partial charge in [-0.3, -0.25) is 9.36 Å². The second kappa shape index (κ2) is 10.9. The van der Waals surface area contributed by atoms with Gasteiger partial charge in [-0.15, -0.1) is 0 Å². The summed E-state index contributed by atoms with van der Waals surface area (Å²) in [6, 6.07) is 1.64. The van der Waals surface area contributed by atoms with Gasteiger partial charge in [0.1, 0.15) is 5.52 Å². The van der Waals surface area contributed by atoms with Gasteiger partial charge in [0, 0.05) is 31.1 Å². The van der Waals surface area contributed by atoms with E-state index >= 15 is 0 Å². The van der Waals surface area contributed by atoms with Crippen molar-refractivity contribution in [2.24, 2.45) is 11.7 Å². The van der Waals surface area contributed by atoms with Crippen molar-refractivity contribution in [2.45, 2.75) is 50.6 Å². The van der Waals surface area contributed by atoms with Crippen molar-refractivity contribution < 1.29 is 27.5 Å². The summed E-state index contributed by atoms with van der Waals surface area (Å²) in [6.07, 6.45) is 4.97. The van der Waals surface area contributed by atoms with Gasteiger partial charge in [0.25, 0.3) is 0 Å². The smallest absolute Gasteiger partial charge is 0.409 e. The number of hydrogen-bond donors (Lipinski definition) is 3. The molecule has 1 aliphatic heterocycles. The van der Waals surface area contributed by atoms with E-state index in [2.05, 4.69) is 25.6 Å². The lowest BCUT2D eigenvalue weighted by Gasteiger charge is -2.32. The number of aromatic nitrogens is 4. The number of amides is 2. The van der Waals surface area contributed by atoms with Gasteiger partial charge in [-0.05, 0) is 50.7 Å². The lowest BCUT2D eigenvalue weighted by molar-refractivity contribution is -0.122. The van der Waals surface area contributed by atoms with Crippen LogP contribution >= 0.6 is 0 Å². The Kier molecular flexibility index (Phi) is 7.44. The summed E-state index contributed by atoms with van der Waals surface area (Å²) in [5.41, 5.74) is 6.07. The number of anilines is 3. The number of benzene rings is 1. The van der Waals surface area contributed by atoms with E-state index < -0.39 is 23.5 Å². The fourth-order valence-electron chi connectivity index (χ4n) is 5.33. The molecule has 4 N–H and O–H groups in total. The molecule has 1 atom stereocenters. The van der Waals surface area contributed by atoms with Crippen molar-refractivity contribution in [3.05, 3.63) is 35.8 Å². The van der Waals surface area contributed by atoms with E-state index in [-0.39, 0.29) is 35.5 Å². The van der Waals surface area contributed by atoms with Gasteiger partial charge in [0.2, 0.25) is 17.8 Å². The number of likely N-dealkylation sites (tertiary alicyclic amines) is 1. The molecule has 208 valence electrons. The van der Waals surface area contributed by atoms with Crippen molar-refractivity contribution in [2.75, 3.05) is 30.8 Å². The van der Waals surface area contributed by atoms with Crippen LogP contribution in [0.25, 0.3) is 11.2 Å². The molecule has 2 aliphatic rings. The molecule has 3 heterocycles. The first kappa shape index (κ1) is 26.5. The maximum Gasteiger partial charge on any atom is 0.409 e. The van der Waals surface area contributed by atoms with Crippen molar-refractivity contribution in [3.63, 3.8) is 0 Å². The second-order valence-corrected chi connectivity index (χ2v) is 9.86. The molecule has 11 nitrogen and oxygen atoms in total. The average molecular weight is 547 g/mol. The van der Waals surface area contributed by atoms with Gasteiger partial charge < -0.3 is 26.0 Å². The summed E-state index contributed by atoms with van der Waals surface area (Å²) < 4.78 is 48.6. The Morgan fingerprint density at radius 1 is 1.08 bits per heavy atom. The van der Waals surface area contributed by atoms with Crippen LogP contribution in [-0.2, 0) is 9.53 Å². The number of primary amides is 1. The number of nitrogens with one attached hydrogen (secondary N) is 2. The van der Waals surface area contributed by atoms with Crippen molar-refractivity contribution in [3.8, 4) is 0 Å². The molecule has 1 saturated heterocycles. The van der Waals surface area contributed by atoms with Crippen LogP contribution in [0.2, 0.25) is 0 Å². The van der Waals surface area contributed by atoms with Gasteiger partial charge >= 0.3 is 6.09 Å². The zero-order valence-corrected chi connectivity index (χ0v) is 21.3. The number of halogens is 3. The van der Waals surface area contributed by atoms with Crippen LogP contribution in [0.5, 0.6) is 0 Å². The maximum atomic E-state index is 14.5. The van der Waals surface area contributed by atoms with Gasteiger partial charge in [-0.2, -0.15) is 4.98 Å². The summed E-state index contributed by atoms with van der Waals surface area (Å²) in [7, 11) is 1.34. The van der Waals surface area contributed by atoms with Crippen molar-refractivity contribution in [1.82, 2.24) is 24.4 Å². The predicted octanol–water partition coefficient (Wildman–Crippen LogP) is 3.85. The van der Waals surface area contributed by atoms with Crippen LogP contribution in [0.3, 0.4) is 0 Å². The van der Waals surface area contributed by atoms with Gasteiger partial charge in [0.05, 0.1) is 19.0 Å². The number of methoxy groups -OCH3 is 1. The topological polar surface area (TPSA) is 140 Å². The first-order valence-electron chi connectivity index (χ1n) is 12.8. The van der Waals surface area contributed by atoms with E-state index in [1.165, 1.54) is 13.3 Å². The molecular weight excluding hydrogens is 517 g/mol. The van der Waals surface area contributed by atoms with Crippen LogP contribution in [0.15, 0.2) is 18.3 Å². The number of rotatable bonds is 6. The van der Waals surface area contributed by atoms with E-state index in [9.17, 15) is 22.8 Å². The van der Waals surface area contributed by atoms with E-state index in [0.29, 0.717) is 55.9 Å². The van der Waals surface area contributed by atoms with Gasteiger partial charge in [-0.25, -0.2) is 27.9 Å². The molecule has 1 aliphatic carbocycles. The number of hydrogen-bond acceptors (Lipinski definition) is 8. The summed E-state index contributed by atoms with van der Waals surface area (Å²) in [5.74, 6) is -4.36. The summed E-state index contributed by atoms with van der Waals surface area (Å²) >= 11 is 0. The Balaban J connectivity index is 1.48. The molecule has 1 aromatic carbocycles. The van der Waals surface area contributed by atoms with Crippen LogP contribution < -0.4 is 16.4 Å². The third kappa shape index (κ3) is 5.40. The van der Waals surface area contributed by atoms with E-state index in [1.807, 2.05) is 0 Å². The minimum absolute atomic E-state index is 0.105. The summed E-state index contributed by atoms with van der Waals surface area (Å²) in [5, 5.41) is 6.06. The molecule has 0 spiro atoms. The molecule has 1 saturated carbocycles. The zero-order chi connectivity index (χ0) is 27.7. The summed E-state index contributed by atoms with van der Waals surface area (Å²) in [4.78, 5) is 38.9. The molecule has 5 rings (SSSR count). The zero-order valence-electron chi connectivity index (χ0n) is 21.3. The molecule has 0 unspecified atom stereocenters.